The predicted octanol–water partition coefficient (Wildman–Crippen LogP) is 2.77. The third-order valence-corrected chi connectivity index (χ3v) is 3.10. The van der Waals surface area contributed by atoms with Crippen LogP contribution < -0.4 is 14.8 Å². The fourth-order valence-corrected chi connectivity index (χ4v) is 2.12. The minimum Gasteiger partial charge on any atom is -0.493 e. The van der Waals surface area contributed by atoms with E-state index in [0.29, 0.717) is 23.0 Å². The first-order chi connectivity index (χ1) is 10.2. The molecule has 0 amide bonds. The number of nitrogens with one attached hydrogen (secondary N) is 2. The van der Waals surface area contributed by atoms with Crippen molar-refractivity contribution in [3.63, 3.8) is 0 Å². The number of nitrogens with zero attached hydrogens (tertiary/aromatic N) is 3. The van der Waals surface area contributed by atoms with Gasteiger partial charge in [-0.05, 0) is 23.7 Å². The molecule has 0 saturated carbocycles. The number of aromatic nitrogens is 4. The van der Waals surface area contributed by atoms with E-state index in [0.717, 1.165) is 11.1 Å². The zero-order valence-corrected chi connectivity index (χ0v) is 12.1. The topological polar surface area (TPSA) is 85.0 Å². The Morgan fingerprint density at radius 2 is 1.95 bits per heavy atom. The van der Waals surface area contributed by atoms with Crippen LogP contribution in [0.1, 0.15) is 0 Å². The van der Waals surface area contributed by atoms with E-state index < -0.39 is 0 Å². The highest BCUT2D eigenvalue weighted by atomic mass is 35.5. The molecule has 8 heteroatoms. The molecule has 0 fully saturated rings. The number of halogens is 1. The van der Waals surface area contributed by atoms with Gasteiger partial charge in [-0.15, -0.1) is 0 Å². The van der Waals surface area contributed by atoms with Gasteiger partial charge in [0.15, 0.2) is 17.1 Å². The molecule has 0 aliphatic rings. The van der Waals surface area contributed by atoms with Crippen LogP contribution in [0, 0.1) is 0 Å². The summed E-state index contributed by atoms with van der Waals surface area (Å²) in [6.45, 7) is 0. The summed E-state index contributed by atoms with van der Waals surface area (Å²) < 4.78 is 10.5. The molecular formula is C13H12ClN5O2. The van der Waals surface area contributed by atoms with Crippen LogP contribution in [0.2, 0.25) is 5.28 Å². The van der Waals surface area contributed by atoms with Crippen molar-refractivity contribution in [1.29, 1.82) is 0 Å². The first-order valence-electron chi connectivity index (χ1n) is 6.07. The van der Waals surface area contributed by atoms with E-state index in [9.17, 15) is 0 Å². The summed E-state index contributed by atoms with van der Waals surface area (Å²) in [7, 11) is 3.17. The maximum absolute atomic E-state index is 5.90. The van der Waals surface area contributed by atoms with Crippen molar-refractivity contribution in [2.24, 2.45) is 0 Å². The number of ether oxygens (including phenoxy) is 2. The smallest absolute Gasteiger partial charge is 0.226 e. The van der Waals surface area contributed by atoms with Crippen LogP contribution in [-0.2, 0) is 0 Å². The summed E-state index contributed by atoms with van der Waals surface area (Å²) in [4.78, 5) is 8.23. The zero-order valence-electron chi connectivity index (χ0n) is 11.3. The van der Waals surface area contributed by atoms with Crippen molar-refractivity contribution in [3.05, 3.63) is 29.7 Å². The Balaban J connectivity index is 2.00. The molecule has 7 nitrogen and oxygen atoms in total. The molecule has 3 aromatic rings. The fourth-order valence-electron chi connectivity index (χ4n) is 1.95. The molecule has 0 aliphatic heterocycles. The van der Waals surface area contributed by atoms with Gasteiger partial charge in [0.2, 0.25) is 5.28 Å². The number of benzene rings is 1. The van der Waals surface area contributed by atoms with E-state index in [1.807, 2.05) is 6.07 Å². The average Bonchev–Trinajstić information content (AvgIpc) is 2.95. The molecule has 2 N–H and O–H groups in total. The minimum absolute atomic E-state index is 0.134. The first kappa shape index (κ1) is 13.4. The number of fused-ring (bicyclic) bond motifs is 1. The van der Waals surface area contributed by atoms with Crippen LogP contribution in [-0.4, -0.2) is 34.4 Å². The van der Waals surface area contributed by atoms with Gasteiger partial charge in [0.05, 0.1) is 25.8 Å². The lowest BCUT2D eigenvalue weighted by Crippen LogP contribution is -1.98. The lowest BCUT2D eigenvalue weighted by atomic mass is 10.2. The van der Waals surface area contributed by atoms with Gasteiger partial charge in [-0.3, -0.25) is 5.10 Å². The highest BCUT2D eigenvalue weighted by molar-refractivity contribution is 6.28. The number of hydrogen-bond donors (Lipinski definition) is 2. The molecule has 0 atom stereocenters. The van der Waals surface area contributed by atoms with Crippen molar-refractivity contribution in [3.8, 4) is 11.5 Å². The molecule has 2 aromatic heterocycles. The molecule has 0 radical (unpaired) electrons. The van der Waals surface area contributed by atoms with Gasteiger partial charge in [0.25, 0.3) is 0 Å². The summed E-state index contributed by atoms with van der Waals surface area (Å²) in [6.07, 6.45) is 1.63. The van der Waals surface area contributed by atoms with E-state index >= 15 is 0 Å². The Bertz CT molecular complexity index is 789. The molecule has 0 unspecified atom stereocenters. The van der Waals surface area contributed by atoms with E-state index in [4.69, 9.17) is 21.1 Å². The minimum atomic E-state index is 0.134. The third kappa shape index (κ3) is 2.55. The highest BCUT2D eigenvalue weighted by Crippen LogP contribution is 2.32. The number of rotatable bonds is 4. The lowest BCUT2D eigenvalue weighted by molar-refractivity contribution is 0.355. The van der Waals surface area contributed by atoms with Gasteiger partial charge >= 0.3 is 0 Å². The zero-order chi connectivity index (χ0) is 14.8. The molecule has 0 spiro atoms. The summed E-state index contributed by atoms with van der Waals surface area (Å²) >= 11 is 5.90. The number of hydrogen-bond acceptors (Lipinski definition) is 6. The quantitative estimate of drug-likeness (QED) is 0.721. The van der Waals surface area contributed by atoms with Crippen LogP contribution in [0.15, 0.2) is 24.4 Å². The highest BCUT2D eigenvalue weighted by Gasteiger charge is 2.10. The number of methoxy groups -OCH3 is 2. The van der Waals surface area contributed by atoms with Gasteiger partial charge in [-0.2, -0.15) is 15.1 Å². The van der Waals surface area contributed by atoms with Gasteiger partial charge in [0, 0.05) is 11.8 Å². The van der Waals surface area contributed by atoms with Gasteiger partial charge in [0.1, 0.15) is 5.82 Å². The number of H-pyrrole nitrogens is 1. The molecular weight excluding hydrogens is 294 g/mol. The van der Waals surface area contributed by atoms with Crippen LogP contribution in [0.5, 0.6) is 11.5 Å². The van der Waals surface area contributed by atoms with E-state index in [2.05, 4.69) is 25.5 Å². The molecule has 21 heavy (non-hydrogen) atoms. The third-order valence-electron chi connectivity index (χ3n) is 2.93. The van der Waals surface area contributed by atoms with Gasteiger partial charge in [-0.25, -0.2) is 0 Å². The summed E-state index contributed by atoms with van der Waals surface area (Å²) in [5.41, 5.74) is 1.35. The van der Waals surface area contributed by atoms with Crippen molar-refractivity contribution < 1.29 is 9.47 Å². The number of aromatic amines is 1. The SMILES string of the molecule is COc1ccc(Nc2nc(Cl)nc3[nH]ncc23)cc1OC. The Labute approximate surface area is 125 Å². The Kier molecular flexibility index (Phi) is 3.49. The largest absolute Gasteiger partial charge is 0.493 e. The van der Waals surface area contributed by atoms with E-state index in [-0.39, 0.29) is 5.28 Å². The molecule has 0 bridgehead atoms. The second kappa shape index (κ2) is 5.45. The van der Waals surface area contributed by atoms with Crippen molar-refractivity contribution in [2.45, 2.75) is 0 Å². The molecule has 3 rings (SSSR count). The van der Waals surface area contributed by atoms with Gasteiger partial charge in [-0.1, -0.05) is 0 Å². The van der Waals surface area contributed by atoms with E-state index in [1.165, 1.54) is 0 Å². The Morgan fingerprint density at radius 3 is 2.71 bits per heavy atom. The maximum Gasteiger partial charge on any atom is 0.226 e. The van der Waals surface area contributed by atoms with Crippen LogP contribution in [0.25, 0.3) is 11.0 Å². The standard InChI is InChI=1S/C13H12ClN5O2/c1-20-9-4-3-7(5-10(9)21-2)16-11-8-6-15-19-12(8)18-13(14)17-11/h3-6H,1-2H3,(H2,15,16,17,18,19). The summed E-state index contributed by atoms with van der Waals surface area (Å²) in [5.74, 6) is 1.83. The first-order valence-corrected chi connectivity index (χ1v) is 6.44. The number of anilines is 2. The Morgan fingerprint density at radius 1 is 1.14 bits per heavy atom. The molecule has 0 aliphatic carbocycles. The van der Waals surface area contributed by atoms with Crippen LogP contribution in [0.3, 0.4) is 0 Å². The monoisotopic (exact) mass is 305 g/mol. The van der Waals surface area contributed by atoms with Crippen molar-refractivity contribution >= 4 is 34.1 Å². The van der Waals surface area contributed by atoms with Crippen LogP contribution >= 0.6 is 11.6 Å². The second-order valence-corrected chi connectivity index (χ2v) is 4.51. The normalized spacial score (nSPS) is 10.6. The van der Waals surface area contributed by atoms with Crippen molar-refractivity contribution in [1.82, 2.24) is 20.2 Å². The molecule has 0 saturated heterocycles. The van der Waals surface area contributed by atoms with Crippen molar-refractivity contribution in [2.75, 3.05) is 19.5 Å². The Hall–Kier alpha value is -2.54. The second-order valence-electron chi connectivity index (χ2n) is 4.17. The lowest BCUT2D eigenvalue weighted by Gasteiger charge is -2.11. The molecule has 1 aromatic carbocycles. The summed E-state index contributed by atoms with van der Waals surface area (Å²) in [5, 5.41) is 10.7. The molecule has 108 valence electrons. The van der Waals surface area contributed by atoms with E-state index in [1.54, 1.807) is 32.5 Å². The average molecular weight is 306 g/mol. The van der Waals surface area contributed by atoms with Gasteiger partial charge < -0.3 is 14.8 Å². The van der Waals surface area contributed by atoms with Crippen LogP contribution in [0.4, 0.5) is 11.5 Å². The summed E-state index contributed by atoms with van der Waals surface area (Å²) in [6, 6.07) is 5.46. The molecule has 2 heterocycles. The fraction of sp³-hybridized carbons (Fsp3) is 0.154. The maximum atomic E-state index is 5.90. The predicted molar refractivity (Wildman–Crippen MR) is 79.5 cm³/mol.